The highest BCUT2D eigenvalue weighted by atomic mass is 16.6. The number of hydrogen-bond acceptors (Lipinski definition) is 6. The predicted octanol–water partition coefficient (Wildman–Crippen LogP) is 6.31. The Balaban J connectivity index is 1.52. The molecule has 218 valence electrons. The molecule has 0 saturated heterocycles. The number of carbonyl (C=O) groups excluding carboxylic acids is 4. The zero-order chi connectivity index (χ0) is 29.8. The van der Waals surface area contributed by atoms with Crippen LogP contribution >= 0.6 is 0 Å². The molecule has 7 heteroatoms. The van der Waals surface area contributed by atoms with Gasteiger partial charge in [-0.2, -0.15) is 0 Å². The molecular weight excluding hydrogens is 518 g/mol. The number of benzene rings is 3. The van der Waals surface area contributed by atoms with Gasteiger partial charge in [-0.15, -0.1) is 0 Å². The van der Waals surface area contributed by atoms with Crippen molar-refractivity contribution < 1.29 is 28.7 Å². The van der Waals surface area contributed by atoms with E-state index >= 15 is 0 Å². The Kier molecular flexibility index (Phi) is 11.6. The van der Waals surface area contributed by atoms with Crippen LogP contribution in [0.5, 0.6) is 0 Å². The van der Waals surface area contributed by atoms with Crippen LogP contribution in [0, 0.1) is 11.8 Å². The standard InChI is InChI=1S/C34H41NO6/c1-24(33(39)35-22-28-15-10-14-27-13-8-9-16-30(27)28)19-29(36)20-26(21-32(38)41-34(2,3)4)17-18-31(37)40-23-25-11-6-5-7-12-25/h5-16,24,26H,17-23H2,1-4H3,(H,35,39)/t24-,26+/m1/s1. The second kappa shape index (κ2) is 15.1. The molecule has 1 N–H and O–H groups in total. The monoisotopic (exact) mass is 559 g/mol. The van der Waals surface area contributed by atoms with Crippen molar-refractivity contribution in [2.75, 3.05) is 0 Å². The molecule has 0 heterocycles. The Hall–Kier alpha value is -4.00. The highest BCUT2D eigenvalue weighted by Gasteiger charge is 2.25. The van der Waals surface area contributed by atoms with Crippen LogP contribution in [0.4, 0.5) is 0 Å². The quantitative estimate of drug-likeness (QED) is 0.232. The first-order valence-electron chi connectivity index (χ1n) is 14.2. The van der Waals surface area contributed by atoms with Crippen molar-refractivity contribution in [1.29, 1.82) is 0 Å². The summed E-state index contributed by atoms with van der Waals surface area (Å²) in [6.07, 6.45) is 0.516. The number of Topliss-reactive ketones (excluding diaryl/α,β-unsaturated/α-hetero) is 1. The normalized spacial score (nSPS) is 12.8. The minimum atomic E-state index is -0.656. The molecule has 0 aliphatic rings. The average molecular weight is 560 g/mol. The van der Waals surface area contributed by atoms with Crippen LogP contribution in [-0.2, 0) is 41.8 Å². The molecule has 0 radical (unpaired) electrons. The van der Waals surface area contributed by atoms with Gasteiger partial charge in [0, 0.05) is 38.1 Å². The highest BCUT2D eigenvalue weighted by Crippen LogP contribution is 2.22. The van der Waals surface area contributed by atoms with E-state index in [-0.39, 0.29) is 44.0 Å². The van der Waals surface area contributed by atoms with Gasteiger partial charge in [-0.05, 0) is 55.0 Å². The topological polar surface area (TPSA) is 98.8 Å². The first kappa shape index (κ1) is 31.5. The van der Waals surface area contributed by atoms with E-state index in [1.165, 1.54) is 0 Å². The number of carbonyl (C=O) groups is 4. The molecule has 0 saturated carbocycles. The lowest BCUT2D eigenvalue weighted by Gasteiger charge is -2.22. The lowest BCUT2D eigenvalue weighted by Crippen LogP contribution is -2.30. The molecule has 0 unspecified atom stereocenters. The summed E-state index contributed by atoms with van der Waals surface area (Å²) in [6, 6.07) is 23.3. The Morgan fingerprint density at radius 2 is 1.49 bits per heavy atom. The summed E-state index contributed by atoms with van der Waals surface area (Å²) in [5.41, 5.74) is 1.23. The molecule has 1 amide bonds. The molecule has 3 aromatic rings. The zero-order valence-corrected chi connectivity index (χ0v) is 24.5. The Bertz CT molecular complexity index is 1320. The van der Waals surface area contributed by atoms with Crippen LogP contribution in [0.25, 0.3) is 10.8 Å². The van der Waals surface area contributed by atoms with Gasteiger partial charge in [0.2, 0.25) is 5.91 Å². The number of hydrogen-bond donors (Lipinski definition) is 1. The minimum Gasteiger partial charge on any atom is -0.461 e. The molecule has 0 aliphatic heterocycles. The number of esters is 2. The first-order chi connectivity index (χ1) is 19.5. The maximum absolute atomic E-state index is 13.0. The molecule has 41 heavy (non-hydrogen) atoms. The summed E-state index contributed by atoms with van der Waals surface area (Å²) in [5, 5.41) is 5.12. The predicted molar refractivity (Wildman–Crippen MR) is 159 cm³/mol. The number of ether oxygens (including phenoxy) is 2. The van der Waals surface area contributed by atoms with Crippen LogP contribution in [0.15, 0.2) is 72.8 Å². The van der Waals surface area contributed by atoms with Crippen molar-refractivity contribution in [3.8, 4) is 0 Å². The van der Waals surface area contributed by atoms with Gasteiger partial charge in [0.05, 0.1) is 0 Å². The van der Waals surface area contributed by atoms with E-state index in [4.69, 9.17) is 9.47 Å². The molecule has 0 aliphatic carbocycles. The Morgan fingerprint density at radius 3 is 2.22 bits per heavy atom. The SMILES string of the molecule is C[C@H](CC(=O)C[C@H](CCC(=O)OCc1ccccc1)CC(=O)OC(C)(C)C)C(=O)NCc1cccc2ccccc12. The van der Waals surface area contributed by atoms with Crippen molar-refractivity contribution in [2.24, 2.45) is 11.8 Å². The zero-order valence-electron chi connectivity index (χ0n) is 24.5. The second-order valence-electron chi connectivity index (χ2n) is 11.5. The summed E-state index contributed by atoms with van der Waals surface area (Å²) in [7, 11) is 0. The second-order valence-corrected chi connectivity index (χ2v) is 11.5. The maximum Gasteiger partial charge on any atom is 0.306 e. The van der Waals surface area contributed by atoms with Crippen LogP contribution in [0.2, 0.25) is 0 Å². The van der Waals surface area contributed by atoms with Gasteiger partial charge >= 0.3 is 11.9 Å². The third-order valence-electron chi connectivity index (χ3n) is 6.71. The molecule has 3 rings (SSSR count). The summed E-state index contributed by atoms with van der Waals surface area (Å²) < 4.78 is 10.8. The Morgan fingerprint density at radius 1 is 0.805 bits per heavy atom. The number of fused-ring (bicyclic) bond motifs is 1. The molecule has 0 bridgehead atoms. The largest absolute Gasteiger partial charge is 0.461 e. The highest BCUT2D eigenvalue weighted by molar-refractivity contribution is 5.88. The minimum absolute atomic E-state index is 0.0105. The van der Waals surface area contributed by atoms with Crippen LogP contribution in [0.1, 0.15) is 70.9 Å². The van der Waals surface area contributed by atoms with Gasteiger partial charge in [-0.1, -0.05) is 79.7 Å². The first-order valence-corrected chi connectivity index (χ1v) is 14.2. The molecule has 0 aromatic heterocycles. The molecule has 3 aromatic carbocycles. The van der Waals surface area contributed by atoms with Gasteiger partial charge in [-0.25, -0.2) is 0 Å². The van der Waals surface area contributed by atoms with Crippen LogP contribution < -0.4 is 5.32 Å². The van der Waals surface area contributed by atoms with Crippen LogP contribution in [-0.4, -0.2) is 29.2 Å². The van der Waals surface area contributed by atoms with E-state index in [9.17, 15) is 19.2 Å². The lowest BCUT2D eigenvalue weighted by molar-refractivity contribution is -0.156. The van der Waals surface area contributed by atoms with Gasteiger partial charge < -0.3 is 14.8 Å². The smallest absolute Gasteiger partial charge is 0.306 e. The lowest BCUT2D eigenvalue weighted by atomic mass is 9.90. The van der Waals surface area contributed by atoms with Crippen LogP contribution in [0.3, 0.4) is 0 Å². The molecular formula is C34H41NO6. The van der Waals surface area contributed by atoms with Crippen molar-refractivity contribution >= 4 is 34.4 Å². The third-order valence-corrected chi connectivity index (χ3v) is 6.71. The number of ketones is 1. The van der Waals surface area contributed by atoms with Gasteiger partial charge in [0.1, 0.15) is 18.0 Å². The number of amides is 1. The fourth-order valence-corrected chi connectivity index (χ4v) is 4.67. The maximum atomic E-state index is 13.0. The fourth-order valence-electron chi connectivity index (χ4n) is 4.67. The summed E-state index contributed by atoms with van der Waals surface area (Å²) in [6.45, 7) is 7.60. The van der Waals surface area contributed by atoms with E-state index in [1.54, 1.807) is 27.7 Å². The van der Waals surface area contributed by atoms with E-state index in [1.807, 2.05) is 72.8 Å². The third kappa shape index (κ3) is 11.2. The van der Waals surface area contributed by atoms with E-state index in [0.717, 1.165) is 21.9 Å². The molecule has 0 fully saturated rings. The van der Waals surface area contributed by atoms with Crippen molar-refractivity contribution in [3.63, 3.8) is 0 Å². The summed E-state index contributed by atoms with van der Waals surface area (Å²) >= 11 is 0. The molecule has 2 atom stereocenters. The Labute approximate surface area is 242 Å². The number of rotatable bonds is 14. The summed E-state index contributed by atoms with van der Waals surface area (Å²) in [4.78, 5) is 50.7. The van der Waals surface area contributed by atoms with Crippen molar-refractivity contribution in [2.45, 2.75) is 78.6 Å². The van der Waals surface area contributed by atoms with Crippen molar-refractivity contribution in [3.05, 3.63) is 83.9 Å². The summed E-state index contributed by atoms with van der Waals surface area (Å²) in [5.74, 6) is -2.09. The average Bonchev–Trinajstić information content (AvgIpc) is 2.92. The number of nitrogens with one attached hydrogen (secondary N) is 1. The van der Waals surface area contributed by atoms with E-state index < -0.39 is 29.4 Å². The van der Waals surface area contributed by atoms with Gasteiger partial charge in [0.15, 0.2) is 0 Å². The van der Waals surface area contributed by atoms with Gasteiger partial charge in [-0.3, -0.25) is 19.2 Å². The van der Waals surface area contributed by atoms with E-state index in [2.05, 4.69) is 5.32 Å². The molecule has 0 spiro atoms. The fraction of sp³-hybridized carbons (Fsp3) is 0.412. The van der Waals surface area contributed by atoms with E-state index in [0.29, 0.717) is 13.0 Å². The molecule has 7 nitrogen and oxygen atoms in total. The van der Waals surface area contributed by atoms with Crippen molar-refractivity contribution in [1.82, 2.24) is 5.32 Å². The van der Waals surface area contributed by atoms with Gasteiger partial charge in [0.25, 0.3) is 0 Å².